The average molecular weight is 201 g/mol. The molecule has 0 spiro atoms. The molecule has 1 amide bonds. The fourth-order valence-electron chi connectivity index (χ4n) is 2.07. The van der Waals surface area contributed by atoms with Crippen molar-refractivity contribution in [2.75, 3.05) is 0 Å². The number of amides is 1. The summed E-state index contributed by atoms with van der Waals surface area (Å²) in [5, 5.41) is 3.13. The van der Waals surface area contributed by atoms with Gasteiger partial charge in [-0.25, -0.2) is 0 Å². The molecule has 2 aliphatic rings. The standard InChI is InChI=1S/C13H15NO/c15-13(10-6-7-10)14-12-8-11(12)9-4-2-1-3-5-9/h1-5,10-12H,6-8H2,(H,14,15)/t11-,12+/m0/s1. The van der Waals surface area contributed by atoms with Crippen LogP contribution in [0.25, 0.3) is 0 Å². The summed E-state index contributed by atoms with van der Waals surface area (Å²) in [5.41, 5.74) is 1.36. The van der Waals surface area contributed by atoms with Crippen molar-refractivity contribution in [2.24, 2.45) is 5.92 Å². The molecule has 2 saturated carbocycles. The lowest BCUT2D eigenvalue weighted by Gasteiger charge is -2.03. The number of hydrogen-bond acceptors (Lipinski definition) is 1. The summed E-state index contributed by atoms with van der Waals surface area (Å²) in [6, 6.07) is 10.9. The molecule has 78 valence electrons. The minimum Gasteiger partial charge on any atom is -0.352 e. The quantitative estimate of drug-likeness (QED) is 0.797. The molecule has 1 aromatic carbocycles. The summed E-state index contributed by atoms with van der Waals surface area (Å²) in [4.78, 5) is 11.5. The maximum absolute atomic E-state index is 11.5. The van der Waals surface area contributed by atoms with E-state index in [-0.39, 0.29) is 5.91 Å². The van der Waals surface area contributed by atoms with Gasteiger partial charge in [0.05, 0.1) is 0 Å². The first-order valence-electron chi connectivity index (χ1n) is 5.70. The first-order chi connectivity index (χ1) is 7.34. The minimum atomic E-state index is 0.276. The Kier molecular flexibility index (Phi) is 2.01. The van der Waals surface area contributed by atoms with Crippen LogP contribution in [0.15, 0.2) is 30.3 Å². The lowest BCUT2D eigenvalue weighted by molar-refractivity contribution is -0.122. The van der Waals surface area contributed by atoms with Crippen molar-refractivity contribution in [2.45, 2.75) is 31.2 Å². The van der Waals surface area contributed by atoms with Gasteiger partial charge in [0.15, 0.2) is 0 Å². The lowest BCUT2D eigenvalue weighted by Crippen LogP contribution is -2.27. The van der Waals surface area contributed by atoms with Gasteiger partial charge in [-0.05, 0) is 24.8 Å². The van der Waals surface area contributed by atoms with Gasteiger partial charge in [-0.15, -0.1) is 0 Å². The van der Waals surface area contributed by atoms with Gasteiger partial charge in [-0.3, -0.25) is 4.79 Å². The van der Waals surface area contributed by atoms with Crippen LogP contribution in [0, 0.1) is 5.92 Å². The van der Waals surface area contributed by atoms with Gasteiger partial charge in [-0.1, -0.05) is 30.3 Å². The average Bonchev–Trinajstić information content (AvgIpc) is 3.14. The molecule has 2 aliphatic carbocycles. The SMILES string of the molecule is O=C(N[C@@H]1C[C@H]1c1ccccc1)C1CC1. The molecule has 0 aliphatic heterocycles. The predicted octanol–water partition coefficient (Wildman–Crippen LogP) is 2.07. The molecule has 15 heavy (non-hydrogen) atoms. The molecule has 2 fully saturated rings. The summed E-state index contributed by atoms with van der Waals surface area (Å²) < 4.78 is 0. The Hall–Kier alpha value is -1.31. The fourth-order valence-corrected chi connectivity index (χ4v) is 2.07. The van der Waals surface area contributed by atoms with E-state index in [0.717, 1.165) is 19.3 Å². The third-order valence-electron chi connectivity index (χ3n) is 3.29. The Balaban J connectivity index is 1.57. The number of rotatable bonds is 3. The molecule has 0 unspecified atom stereocenters. The number of carbonyl (C=O) groups excluding carboxylic acids is 1. The Morgan fingerprint density at radius 1 is 1.20 bits per heavy atom. The Morgan fingerprint density at radius 2 is 1.93 bits per heavy atom. The Labute approximate surface area is 89.7 Å². The van der Waals surface area contributed by atoms with Crippen LogP contribution in [0.1, 0.15) is 30.7 Å². The van der Waals surface area contributed by atoms with Crippen LogP contribution in [-0.4, -0.2) is 11.9 Å². The smallest absolute Gasteiger partial charge is 0.223 e. The zero-order chi connectivity index (χ0) is 10.3. The second-order valence-electron chi connectivity index (χ2n) is 4.64. The molecular formula is C13H15NO. The zero-order valence-corrected chi connectivity index (χ0v) is 8.65. The molecule has 2 heteroatoms. The van der Waals surface area contributed by atoms with Gasteiger partial charge in [-0.2, -0.15) is 0 Å². The van der Waals surface area contributed by atoms with Crippen LogP contribution in [0.5, 0.6) is 0 Å². The molecule has 0 aromatic heterocycles. The fraction of sp³-hybridized carbons (Fsp3) is 0.462. The van der Waals surface area contributed by atoms with Crippen molar-refractivity contribution in [3.8, 4) is 0 Å². The van der Waals surface area contributed by atoms with Crippen LogP contribution in [0.3, 0.4) is 0 Å². The molecule has 0 bridgehead atoms. The van der Waals surface area contributed by atoms with E-state index in [1.807, 2.05) is 6.07 Å². The van der Waals surface area contributed by atoms with Crippen molar-refractivity contribution >= 4 is 5.91 Å². The largest absolute Gasteiger partial charge is 0.352 e. The highest BCUT2D eigenvalue weighted by atomic mass is 16.2. The molecule has 2 atom stereocenters. The van der Waals surface area contributed by atoms with Crippen LogP contribution >= 0.6 is 0 Å². The van der Waals surface area contributed by atoms with E-state index < -0.39 is 0 Å². The summed E-state index contributed by atoms with van der Waals surface area (Å²) in [7, 11) is 0. The highest BCUT2D eigenvalue weighted by Gasteiger charge is 2.41. The van der Waals surface area contributed by atoms with Crippen molar-refractivity contribution < 1.29 is 4.79 Å². The molecule has 0 saturated heterocycles. The predicted molar refractivity (Wildman–Crippen MR) is 58.5 cm³/mol. The van der Waals surface area contributed by atoms with Crippen molar-refractivity contribution in [1.29, 1.82) is 0 Å². The maximum Gasteiger partial charge on any atom is 0.223 e. The van der Waals surface area contributed by atoms with Gasteiger partial charge in [0, 0.05) is 17.9 Å². The highest BCUT2D eigenvalue weighted by Crippen LogP contribution is 2.41. The van der Waals surface area contributed by atoms with Crippen molar-refractivity contribution in [1.82, 2.24) is 5.32 Å². The summed E-state index contributed by atoms with van der Waals surface area (Å²) >= 11 is 0. The molecule has 0 radical (unpaired) electrons. The molecule has 2 nitrogen and oxygen atoms in total. The van der Waals surface area contributed by atoms with E-state index in [9.17, 15) is 4.79 Å². The number of hydrogen-bond donors (Lipinski definition) is 1. The highest BCUT2D eigenvalue weighted by molar-refractivity contribution is 5.81. The van der Waals surface area contributed by atoms with Crippen LogP contribution in [-0.2, 0) is 4.79 Å². The first-order valence-corrected chi connectivity index (χ1v) is 5.70. The van der Waals surface area contributed by atoms with E-state index in [4.69, 9.17) is 0 Å². The van der Waals surface area contributed by atoms with Gasteiger partial charge in [0.25, 0.3) is 0 Å². The van der Waals surface area contributed by atoms with Gasteiger partial charge < -0.3 is 5.32 Å². The van der Waals surface area contributed by atoms with E-state index in [0.29, 0.717) is 17.9 Å². The lowest BCUT2D eigenvalue weighted by atomic mass is 10.1. The Morgan fingerprint density at radius 3 is 2.60 bits per heavy atom. The normalized spacial score (nSPS) is 28.5. The van der Waals surface area contributed by atoms with Gasteiger partial charge in [0.1, 0.15) is 0 Å². The number of nitrogens with one attached hydrogen (secondary N) is 1. The van der Waals surface area contributed by atoms with Gasteiger partial charge >= 0.3 is 0 Å². The van der Waals surface area contributed by atoms with Crippen LogP contribution in [0.4, 0.5) is 0 Å². The van der Waals surface area contributed by atoms with Crippen LogP contribution < -0.4 is 5.32 Å². The second kappa shape index (κ2) is 3.37. The van der Waals surface area contributed by atoms with Crippen molar-refractivity contribution in [3.63, 3.8) is 0 Å². The minimum absolute atomic E-state index is 0.276. The first kappa shape index (κ1) is 8.96. The van der Waals surface area contributed by atoms with E-state index in [1.54, 1.807) is 0 Å². The topological polar surface area (TPSA) is 29.1 Å². The summed E-state index contributed by atoms with van der Waals surface area (Å²) in [5.74, 6) is 1.18. The third kappa shape index (κ3) is 1.89. The Bertz CT molecular complexity index is 369. The second-order valence-corrected chi connectivity index (χ2v) is 4.64. The van der Waals surface area contributed by atoms with E-state index in [1.165, 1.54) is 5.56 Å². The van der Waals surface area contributed by atoms with Crippen molar-refractivity contribution in [3.05, 3.63) is 35.9 Å². The van der Waals surface area contributed by atoms with E-state index in [2.05, 4.69) is 29.6 Å². The summed E-state index contributed by atoms with van der Waals surface area (Å²) in [6.07, 6.45) is 3.30. The monoisotopic (exact) mass is 201 g/mol. The molecule has 0 heterocycles. The van der Waals surface area contributed by atoms with E-state index >= 15 is 0 Å². The van der Waals surface area contributed by atoms with Crippen LogP contribution in [0.2, 0.25) is 0 Å². The van der Waals surface area contributed by atoms with Gasteiger partial charge in [0.2, 0.25) is 5.91 Å². The zero-order valence-electron chi connectivity index (χ0n) is 8.65. The molecule has 1 N–H and O–H groups in total. The molecule has 1 aromatic rings. The third-order valence-corrected chi connectivity index (χ3v) is 3.29. The number of benzene rings is 1. The number of carbonyl (C=O) groups is 1. The molecule has 3 rings (SSSR count). The maximum atomic E-state index is 11.5. The summed E-state index contributed by atoms with van der Waals surface area (Å²) in [6.45, 7) is 0. The molecular weight excluding hydrogens is 186 g/mol.